The number of aromatic nitrogens is 1. The summed E-state index contributed by atoms with van der Waals surface area (Å²) in [5, 5.41) is 13.8. The molecule has 0 radical (unpaired) electrons. The van der Waals surface area contributed by atoms with Crippen LogP contribution in [0.15, 0.2) is 40.9 Å². The lowest BCUT2D eigenvalue weighted by Gasteiger charge is -2.32. The Morgan fingerprint density at radius 2 is 2.00 bits per heavy atom. The second kappa shape index (κ2) is 6.41. The minimum atomic E-state index is -0.191. The van der Waals surface area contributed by atoms with Crippen LogP contribution in [0.2, 0.25) is 0 Å². The minimum absolute atomic E-state index is 0.191. The number of nitrogens with zero attached hydrogens (tertiary/aromatic N) is 2. The summed E-state index contributed by atoms with van der Waals surface area (Å²) in [6.45, 7) is 4.75. The van der Waals surface area contributed by atoms with Crippen molar-refractivity contribution in [3.63, 3.8) is 0 Å². The molecule has 1 aliphatic rings. The summed E-state index contributed by atoms with van der Waals surface area (Å²) in [5.74, 6) is 1.27. The summed E-state index contributed by atoms with van der Waals surface area (Å²) in [4.78, 5) is 2.38. The molecule has 1 unspecified atom stereocenters. The van der Waals surface area contributed by atoms with Gasteiger partial charge in [0.15, 0.2) is 5.76 Å². The first kappa shape index (κ1) is 14.3. The lowest BCUT2D eigenvalue weighted by molar-refractivity contribution is 0.0688. The van der Waals surface area contributed by atoms with Gasteiger partial charge in [-0.25, -0.2) is 0 Å². The average Bonchev–Trinajstić information content (AvgIpc) is 2.97. The van der Waals surface area contributed by atoms with Gasteiger partial charge in [0.25, 0.3) is 0 Å². The maximum absolute atomic E-state index is 9.64. The molecular formula is C17H22N2O2. The molecule has 1 saturated heterocycles. The van der Waals surface area contributed by atoms with Crippen LogP contribution in [-0.4, -0.2) is 34.4 Å². The highest BCUT2D eigenvalue weighted by molar-refractivity contribution is 5.56. The summed E-state index contributed by atoms with van der Waals surface area (Å²) in [6.07, 6.45) is 1.92. The Balaban J connectivity index is 1.59. The third-order valence-corrected chi connectivity index (χ3v) is 4.32. The predicted octanol–water partition coefficient (Wildman–Crippen LogP) is 2.93. The summed E-state index contributed by atoms with van der Waals surface area (Å²) in [5.41, 5.74) is 2.04. The van der Waals surface area contributed by atoms with Gasteiger partial charge in [0.1, 0.15) is 0 Å². The molecule has 4 nitrogen and oxygen atoms in total. The van der Waals surface area contributed by atoms with E-state index in [2.05, 4.69) is 10.1 Å². The van der Waals surface area contributed by atoms with Crippen LogP contribution in [0.25, 0.3) is 11.3 Å². The van der Waals surface area contributed by atoms with Crippen LogP contribution in [0.5, 0.6) is 0 Å². The second-order valence-corrected chi connectivity index (χ2v) is 5.90. The van der Waals surface area contributed by atoms with Gasteiger partial charge < -0.3 is 9.63 Å². The van der Waals surface area contributed by atoms with Crippen molar-refractivity contribution in [1.29, 1.82) is 0 Å². The molecule has 112 valence electrons. The molecule has 4 heteroatoms. The Labute approximate surface area is 125 Å². The lowest BCUT2D eigenvalue weighted by atomic mass is 9.92. The van der Waals surface area contributed by atoms with Gasteiger partial charge in [0.2, 0.25) is 0 Å². The molecule has 1 fully saturated rings. The number of aliphatic hydroxyl groups is 1. The van der Waals surface area contributed by atoms with Gasteiger partial charge in [0.05, 0.1) is 11.8 Å². The van der Waals surface area contributed by atoms with E-state index in [-0.39, 0.29) is 6.10 Å². The number of hydrogen-bond donors (Lipinski definition) is 1. The first-order chi connectivity index (χ1) is 10.2. The van der Waals surface area contributed by atoms with Gasteiger partial charge in [-0.05, 0) is 38.8 Å². The number of piperidine rings is 1. The molecule has 21 heavy (non-hydrogen) atoms. The van der Waals surface area contributed by atoms with E-state index < -0.39 is 0 Å². The molecule has 0 spiro atoms. The number of aliphatic hydroxyl groups excluding tert-OH is 1. The van der Waals surface area contributed by atoms with Crippen molar-refractivity contribution >= 4 is 0 Å². The normalized spacial score (nSPS) is 18.8. The Morgan fingerprint density at radius 1 is 1.29 bits per heavy atom. The molecule has 0 saturated carbocycles. The summed E-state index contributed by atoms with van der Waals surface area (Å²) in [6, 6.07) is 12.1. The fourth-order valence-corrected chi connectivity index (χ4v) is 2.95. The Bertz CT molecular complexity index is 557. The van der Waals surface area contributed by atoms with Crippen molar-refractivity contribution in [2.24, 2.45) is 5.92 Å². The summed E-state index contributed by atoms with van der Waals surface area (Å²) in [7, 11) is 0. The van der Waals surface area contributed by atoms with Crippen LogP contribution in [0.3, 0.4) is 0 Å². The molecule has 1 atom stereocenters. The Hall–Kier alpha value is -1.65. The van der Waals surface area contributed by atoms with Crippen LogP contribution in [-0.2, 0) is 6.54 Å². The van der Waals surface area contributed by atoms with E-state index in [4.69, 9.17) is 4.52 Å². The van der Waals surface area contributed by atoms with Gasteiger partial charge >= 0.3 is 0 Å². The average molecular weight is 286 g/mol. The predicted molar refractivity (Wildman–Crippen MR) is 81.6 cm³/mol. The first-order valence-electron chi connectivity index (χ1n) is 7.64. The van der Waals surface area contributed by atoms with E-state index in [1.807, 2.05) is 43.3 Å². The zero-order chi connectivity index (χ0) is 14.7. The zero-order valence-corrected chi connectivity index (χ0v) is 12.4. The topological polar surface area (TPSA) is 49.5 Å². The third kappa shape index (κ3) is 3.52. The molecule has 1 N–H and O–H groups in total. The van der Waals surface area contributed by atoms with Gasteiger partial charge in [-0.3, -0.25) is 4.90 Å². The molecule has 3 rings (SSSR count). The van der Waals surface area contributed by atoms with E-state index >= 15 is 0 Å². The number of hydrogen-bond acceptors (Lipinski definition) is 4. The number of likely N-dealkylation sites (tertiary alicyclic amines) is 1. The van der Waals surface area contributed by atoms with Crippen LogP contribution >= 0.6 is 0 Å². The Kier molecular flexibility index (Phi) is 4.36. The van der Waals surface area contributed by atoms with Gasteiger partial charge in [0, 0.05) is 18.2 Å². The molecule has 1 aromatic heterocycles. The van der Waals surface area contributed by atoms with Gasteiger partial charge in [-0.15, -0.1) is 0 Å². The van der Waals surface area contributed by atoms with Crippen LogP contribution < -0.4 is 0 Å². The molecule has 1 aromatic carbocycles. The molecule has 1 aliphatic heterocycles. The van der Waals surface area contributed by atoms with Gasteiger partial charge in [-0.2, -0.15) is 0 Å². The van der Waals surface area contributed by atoms with Gasteiger partial charge in [-0.1, -0.05) is 35.5 Å². The lowest BCUT2D eigenvalue weighted by Crippen LogP contribution is -2.36. The fraction of sp³-hybridized carbons (Fsp3) is 0.471. The van der Waals surface area contributed by atoms with Crippen molar-refractivity contribution in [3.8, 4) is 11.3 Å². The second-order valence-electron chi connectivity index (χ2n) is 5.90. The van der Waals surface area contributed by atoms with Crippen molar-refractivity contribution in [3.05, 3.63) is 42.1 Å². The standard InChI is InChI=1S/C17H22N2O2/c1-13(20)14-7-9-19(10-8-14)12-16-11-17(21-18-16)15-5-3-2-4-6-15/h2-6,11,13-14,20H,7-10,12H2,1H3. The Morgan fingerprint density at radius 3 is 2.67 bits per heavy atom. The maximum Gasteiger partial charge on any atom is 0.167 e. The van der Waals surface area contributed by atoms with Crippen molar-refractivity contribution in [1.82, 2.24) is 10.1 Å². The van der Waals surface area contributed by atoms with Crippen LogP contribution in [0.1, 0.15) is 25.5 Å². The summed E-state index contributed by atoms with van der Waals surface area (Å²) < 4.78 is 5.43. The first-order valence-corrected chi connectivity index (χ1v) is 7.64. The molecule has 0 aliphatic carbocycles. The minimum Gasteiger partial charge on any atom is -0.393 e. The SMILES string of the molecule is CC(O)C1CCN(Cc2cc(-c3ccccc3)on2)CC1. The monoisotopic (exact) mass is 286 g/mol. The van der Waals surface area contributed by atoms with E-state index in [0.29, 0.717) is 5.92 Å². The van der Waals surface area contributed by atoms with E-state index in [0.717, 1.165) is 49.5 Å². The molecule has 0 bridgehead atoms. The third-order valence-electron chi connectivity index (χ3n) is 4.32. The van der Waals surface area contributed by atoms with E-state index in [1.54, 1.807) is 0 Å². The number of benzene rings is 1. The largest absolute Gasteiger partial charge is 0.393 e. The number of rotatable bonds is 4. The zero-order valence-electron chi connectivity index (χ0n) is 12.4. The maximum atomic E-state index is 9.64. The van der Waals surface area contributed by atoms with Crippen LogP contribution in [0, 0.1) is 5.92 Å². The quantitative estimate of drug-likeness (QED) is 0.939. The van der Waals surface area contributed by atoms with E-state index in [9.17, 15) is 5.11 Å². The van der Waals surface area contributed by atoms with E-state index in [1.165, 1.54) is 0 Å². The van der Waals surface area contributed by atoms with Crippen molar-refractivity contribution in [2.45, 2.75) is 32.4 Å². The highest BCUT2D eigenvalue weighted by atomic mass is 16.5. The van der Waals surface area contributed by atoms with Crippen molar-refractivity contribution in [2.75, 3.05) is 13.1 Å². The van der Waals surface area contributed by atoms with Crippen molar-refractivity contribution < 1.29 is 9.63 Å². The summed E-state index contributed by atoms with van der Waals surface area (Å²) >= 11 is 0. The molecular weight excluding hydrogens is 264 g/mol. The smallest absolute Gasteiger partial charge is 0.167 e. The molecule has 0 amide bonds. The highest BCUT2D eigenvalue weighted by Gasteiger charge is 2.23. The van der Waals surface area contributed by atoms with Crippen LogP contribution in [0.4, 0.5) is 0 Å². The molecule has 2 heterocycles. The molecule has 2 aromatic rings. The highest BCUT2D eigenvalue weighted by Crippen LogP contribution is 2.24. The fourth-order valence-electron chi connectivity index (χ4n) is 2.95.